The molecule has 1 aromatic heterocycles. The lowest BCUT2D eigenvalue weighted by Gasteiger charge is -2.09. The first-order valence-corrected chi connectivity index (χ1v) is 6.07. The molecule has 5 heteroatoms. The summed E-state index contributed by atoms with van der Waals surface area (Å²) in [5.41, 5.74) is 0. The fourth-order valence-corrected chi connectivity index (χ4v) is 3.05. The average Bonchev–Trinajstić information content (AvgIpc) is 2.76. The molecule has 1 fully saturated rings. The van der Waals surface area contributed by atoms with Crippen molar-refractivity contribution in [3.05, 3.63) is 21.3 Å². The number of carboxylic acid groups (broad SMARTS) is 1. The van der Waals surface area contributed by atoms with Crippen molar-refractivity contribution in [3.8, 4) is 0 Å². The van der Waals surface area contributed by atoms with Crippen molar-refractivity contribution in [2.24, 2.45) is 0 Å². The summed E-state index contributed by atoms with van der Waals surface area (Å²) in [5, 5.41) is 11.9. The molecule has 82 valence electrons. The van der Waals surface area contributed by atoms with Crippen LogP contribution < -0.4 is 5.32 Å². The van der Waals surface area contributed by atoms with Gasteiger partial charge >= 0.3 is 5.97 Å². The Morgan fingerprint density at radius 1 is 1.60 bits per heavy atom. The van der Waals surface area contributed by atoms with E-state index in [0.29, 0.717) is 0 Å². The molecule has 2 atom stereocenters. The summed E-state index contributed by atoms with van der Waals surface area (Å²) in [4.78, 5) is 11.9. The second kappa shape index (κ2) is 4.51. The molecule has 2 heterocycles. The summed E-state index contributed by atoms with van der Waals surface area (Å²) in [7, 11) is 0. The second-order valence-electron chi connectivity index (χ2n) is 3.74. The van der Waals surface area contributed by atoms with Gasteiger partial charge in [-0.1, -0.05) is 11.6 Å². The van der Waals surface area contributed by atoms with Gasteiger partial charge in [-0.25, -0.2) is 0 Å². The van der Waals surface area contributed by atoms with E-state index in [-0.39, 0.29) is 12.1 Å². The Balaban J connectivity index is 1.90. The molecule has 0 saturated carbocycles. The predicted octanol–water partition coefficient (Wildman–Crippen LogP) is 2.15. The van der Waals surface area contributed by atoms with E-state index in [9.17, 15) is 4.79 Å². The van der Waals surface area contributed by atoms with Gasteiger partial charge in [0.15, 0.2) is 0 Å². The van der Waals surface area contributed by atoms with E-state index >= 15 is 0 Å². The molecule has 2 rings (SSSR count). The summed E-state index contributed by atoms with van der Waals surface area (Å²) >= 11 is 7.39. The van der Waals surface area contributed by atoms with Crippen LogP contribution in [0.5, 0.6) is 0 Å². The Bertz CT molecular complexity index is 366. The SMILES string of the molecule is O=C(O)C1CCC(Cc2ccc(Cl)s2)N1. The van der Waals surface area contributed by atoms with Crippen molar-refractivity contribution >= 4 is 28.9 Å². The lowest BCUT2D eigenvalue weighted by Crippen LogP contribution is -2.36. The van der Waals surface area contributed by atoms with Gasteiger partial charge in [-0.15, -0.1) is 11.3 Å². The number of nitrogens with one attached hydrogen (secondary N) is 1. The molecule has 0 aliphatic carbocycles. The van der Waals surface area contributed by atoms with Gasteiger partial charge in [0, 0.05) is 10.9 Å². The van der Waals surface area contributed by atoms with Crippen molar-refractivity contribution in [2.45, 2.75) is 31.3 Å². The van der Waals surface area contributed by atoms with Crippen LogP contribution in [0.3, 0.4) is 0 Å². The molecule has 0 radical (unpaired) electrons. The summed E-state index contributed by atoms with van der Waals surface area (Å²) in [6.07, 6.45) is 2.52. The minimum atomic E-state index is -0.748. The third-order valence-corrected chi connectivity index (χ3v) is 3.87. The molecule has 3 nitrogen and oxygen atoms in total. The second-order valence-corrected chi connectivity index (χ2v) is 5.54. The molecular formula is C10H12ClNO2S. The summed E-state index contributed by atoms with van der Waals surface area (Å²) in [6.45, 7) is 0. The van der Waals surface area contributed by atoms with Crippen molar-refractivity contribution in [1.82, 2.24) is 5.32 Å². The average molecular weight is 246 g/mol. The van der Waals surface area contributed by atoms with Crippen LogP contribution in [0.15, 0.2) is 12.1 Å². The van der Waals surface area contributed by atoms with Crippen LogP contribution in [-0.4, -0.2) is 23.2 Å². The van der Waals surface area contributed by atoms with Crippen molar-refractivity contribution in [2.75, 3.05) is 0 Å². The summed E-state index contributed by atoms with van der Waals surface area (Å²) in [5.74, 6) is -0.748. The molecule has 1 aliphatic rings. The number of thiophene rings is 1. The molecule has 0 aromatic carbocycles. The van der Waals surface area contributed by atoms with Crippen molar-refractivity contribution < 1.29 is 9.90 Å². The van der Waals surface area contributed by atoms with Gasteiger partial charge in [-0.05, 0) is 31.4 Å². The van der Waals surface area contributed by atoms with Crippen LogP contribution in [-0.2, 0) is 11.2 Å². The molecule has 1 aliphatic heterocycles. The number of hydrogen-bond donors (Lipinski definition) is 2. The largest absolute Gasteiger partial charge is 0.480 e. The number of hydrogen-bond acceptors (Lipinski definition) is 3. The van der Waals surface area contributed by atoms with Crippen LogP contribution in [0.2, 0.25) is 4.34 Å². The summed E-state index contributed by atoms with van der Waals surface area (Å²) in [6, 6.07) is 3.79. The van der Waals surface area contributed by atoms with Gasteiger partial charge in [0.1, 0.15) is 6.04 Å². The van der Waals surface area contributed by atoms with Gasteiger partial charge < -0.3 is 10.4 Å². The Hall–Kier alpha value is -0.580. The predicted molar refractivity (Wildman–Crippen MR) is 60.6 cm³/mol. The zero-order chi connectivity index (χ0) is 10.8. The van der Waals surface area contributed by atoms with Crippen LogP contribution in [0.1, 0.15) is 17.7 Å². The van der Waals surface area contributed by atoms with Crippen LogP contribution in [0.25, 0.3) is 0 Å². The maximum Gasteiger partial charge on any atom is 0.320 e. The Morgan fingerprint density at radius 3 is 2.93 bits per heavy atom. The third-order valence-electron chi connectivity index (χ3n) is 2.62. The van der Waals surface area contributed by atoms with Gasteiger partial charge in [0.25, 0.3) is 0 Å². The first-order chi connectivity index (χ1) is 7.15. The Labute approximate surface area is 97.1 Å². The van der Waals surface area contributed by atoms with Gasteiger partial charge in [-0.2, -0.15) is 0 Å². The monoisotopic (exact) mass is 245 g/mol. The minimum absolute atomic E-state index is 0.279. The first-order valence-electron chi connectivity index (χ1n) is 4.88. The number of carbonyl (C=O) groups is 1. The first kappa shape index (κ1) is 10.9. The molecule has 0 bridgehead atoms. The van der Waals surface area contributed by atoms with Crippen LogP contribution >= 0.6 is 22.9 Å². The number of aliphatic carboxylic acids is 1. The third kappa shape index (κ3) is 2.71. The standard InChI is InChI=1S/C10H12ClNO2S/c11-9-4-2-7(15-9)5-6-1-3-8(12-6)10(13)14/h2,4,6,8,12H,1,3,5H2,(H,13,14). The van der Waals surface area contributed by atoms with Gasteiger partial charge in [0.2, 0.25) is 0 Å². The number of rotatable bonds is 3. The molecule has 1 aromatic rings. The van der Waals surface area contributed by atoms with E-state index in [1.165, 1.54) is 4.88 Å². The fourth-order valence-electron chi connectivity index (χ4n) is 1.88. The Kier molecular flexibility index (Phi) is 3.29. The molecule has 0 spiro atoms. The van der Waals surface area contributed by atoms with Crippen LogP contribution in [0, 0.1) is 0 Å². The maximum absolute atomic E-state index is 10.7. The Morgan fingerprint density at radius 2 is 2.40 bits per heavy atom. The van der Waals surface area contributed by atoms with Gasteiger partial charge in [-0.3, -0.25) is 4.79 Å². The minimum Gasteiger partial charge on any atom is -0.480 e. The van der Waals surface area contributed by atoms with Crippen LogP contribution in [0.4, 0.5) is 0 Å². The normalized spacial score (nSPS) is 25.7. The summed E-state index contributed by atoms with van der Waals surface area (Å²) < 4.78 is 0.790. The molecule has 1 saturated heterocycles. The lowest BCUT2D eigenvalue weighted by atomic mass is 10.1. The zero-order valence-electron chi connectivity index (χ0n) is 8.07. The van der Waals surface area contributed by atoms with E-state index < -0.39 is 5.97 Å². The zero-order valence-corrected chi connectivity index (χ0v) is 9.64. The quantitative estimate of drug-likeness (QED) is 0.858. The smallest absolute Gasteiger partial charge is 0.320 e. The topological polar surface area (TPSA) is 49.3 Å². The fraction of sp³-hybridized carbons (Fsp3) is 0.500. The molecule has 2 unspecified atom stereocenters. The van der Waals surface area contributed by atoms with Gasteiger partial charge in [0.05, 0.1) is 4.34 Å². The van der Waals surface area contributed by atoms with Crippen molar-refractivity contribution in [1.29, 1.82) is 0 Å². The highest BCUT2D eigenvalue weighted by Crippen LogP contribution is 2.25. The highest BCUT2D eigenvalue weighted by atomic mass is 35.5. The molecule has 15 heavy (non-hydrogen) atoms. The van der Waals surface area contributed by atoms with Crippen molar-refractivity contribution in [3.63, 3.8) is 0 Å². The van der Waals surface area contributed by atoms with E-state index in [4.69, 9.17) is 16.7 Å². The number of halogens is 1. The number of carboxylic acids is 1. The van der Waals surface area contributed by atoms with E-state index in [0.717, 1.165) is 23.6 Å². The molecular weight excluding hydrogens is 234 g/mol. The van der Waals surface area contributed by atoms with E-state index in [1.54, 1.807) is 11.3 Å². The highest BCUT2D eigenvalue weighted by molar-refractivity contribution is 7.16. The molecule has 2 N–H and O–H groups in total. The lowest BCUT2D eigenvalue weighted by molar-refractivity contribution is -0.139. The van der Waals surface area contributed by atoms with E-state index in [1.807, 2.05) is 12.1 Å². The van der Waals surface area contributed by atoms with E-state index in [2.05, 4.69) is 5.32 Å². The highest BCUT2D eigenvalue weighted by Gasteiger charge is 2.28. The maximum atomic E-state index is 10.7. The molecule has 0 amide bonds.